The normalized spacial score (nSPS) is 15.1. The van der Waals surface area contributed by atoms with E-state index >= 15 is 0 Å². The Morgan fingerprint density at radius 1 is 1.04 bits per heavy atom. The number of aromatic nitrogens is 5. The van der Waals surface area contributed by atoms with E-state index in [0.717, 1.165) is 23.3 Å². The topological polar surface area (TPSA) is 148 Å². The zero-order valence-electron chi connectivity index (χ0n) is 30.0. The minimum absolute atomic E-state index is 0.0762. The van der Waals surface area contributed by atoms with Gasteiger partial charge < -0.3 is 24.7 Å². The number of likely N-dealkylation sites (N-methyl/N-ethyl adjacent to an activating group) is 1. The third kappa shape index (κ3) is 7.45. The largest absolute Gasteiger partial charge is 0.497 e. The van der Waals surface area contributed by atoms with Crippen LogP contribution in [0.2, 0.25) is 0 Å². The third-order valence-corrected chi connectivity index (χ3v) is 11.3. The number of benzene rings is 3. The number of sulfonamides is 1. The van der Waals surface area contributed by atoms with Crippen molar-refractivity contribution in [2.75, 3.05) is 46.2 Å². The van der Waals surface area contributed by atoms with E-state index in [1.807, 2.05) is 56.4 Å². The predicted octanol–water partition coefficient (Wildman–Crippen LogP) is 5.26. The highest BCUT2D eigenvalue weighted by Gasteiger charge is 2.34. The van der Waals surface area contributed by atoms with Gasteiger partial charge in [-0.1, -0.05) is 31.2 Å². The second-order valence-corrected chi connectivity index (χ2v) is 15.2. The van der Waals surface area contributed by atoms with E-state index in [1.54, 1.807) is 30.0 Å². The number of ether oxygens (including phenoxy) is 2. The average Bonchev–Trinajstić information content (AvgIpc) is 3.82. The van der Waals surface area contributed by atoms with Crippen molar-refractivity contribution < 1.29 is 22.3 Å². The van der Waals surface area contributed by atoms with Crippen molar-refractivity contribution in [2.24, 2.45) is 0 Å². The summed E-state index contributed by atoms with van der Waals surface area (Å²) in [4.78, 5) is 28.7. The maximum atomic E-state index is 14.1. The van der Waals surface area contributed by atoms with E-state index in [1.165, 1.54) is 28.6 Å². The van der Waals surface area contributed by atoms with Gasteiger partial charge in [-0.05, 0) is 80.5 Å². The fraction of sp³-hybridized carbons (Fsp3) is 0.316. The maximum Gasteiger partial charge on any atom is 0.284 e. The van der Waals surface area contributed by atoms with Crippen LogP contribution >= 0.6 is 0 Å². The van der Waals surface area contributed by atoms with Crippen LogP contribution in [0.5, 0.6) is 11.5 Å². The van der Waals surface area contributed by atoms with Crippen LogP contribution in [0.4, 0.5) is 10.2 Å². The Morgan fingerprint density at radius 2 is 1.79 bits per heavy atom. The highest BCUT2D eigenvalue weighted by molar-refractivity contribution is 7.89. The second kappa shape index (κ2) is 14.9. The SMILES string of the molecule is CCCOc1ccc(S(=O)(=O)N2CC[C@@H](N(C)C)C2)cc1-c1nc(=O)c2c(NCc3ccc(F)cc3)nc3nn(Cc4ccc(OC)cc4)cc3c2[nH]1. The number of anilines is 1. The molecule has 3 aromatic heterocycles. The summed E-state index contributed by atoms with van der Waals surface area (Å²) in [6.07, 6.45) is 3.25. The molecular formula is C38H41FN8O5S. The van der Waals surface area contributed by atoms with Gasteiger partial charge >= 0.3 is 0 Å². The first-order chi connectivity index (χ1) is 25.5. The quantitative estimate of drug-likeness (QED) is 0.161. The highest BCUT2D eigenvalue weighted by atomic mass is 32.2. The Morgan fingerprint density at radius 3 is 2.49 bits per heavy atom. The van der Waals surface area contributed by atoms with E-state index in [2.05, 4.69) is 15.3 Å². The Hall–Kier alpha value is -5.38. The van der Waals surface area contributed by atoms with Crippen molar-refractivity contribution in [1.29, 1.82) is 0 Å². The molecule has 1 atom stereocenters. The monoisotopic (exact) mass is 740 g/mol. The zero-order chi connectivity index (χ0) is 37.3. The van der Waals surface area contributed by atoms with Crippen molar-refractivity contribution in [3.05, 3.63) is 100 Å². The Bertz CT molecular complexity index is 2430. The van der Waals surface area contributed by atoms with E-state index in [9.17, 15) is 17.6 Å². The van der Waals surface area contributed by atoms with Gasteiger partial charge in [0.15, 0.2) is 5.65 Å². The predicted molar refractivity (Wildman–Crippen MR) is 201 cm³/mol. The van der Waals surface area contributed by atoms with Gasteiger partial charge in [-0.25, -0.2) is 17.8 Å². The maximum absolute atomic E-state index is 14.1. The molecular weight excluding hydrogens is 700 g/mol. The number of halogens is 1. The Balaban J connectivity index is 1.36. The van der Waals surface area contributed by atoms with Crippen LogP contribution in [0.1, 0.15) is 30.9 Å². The van der Waals surface area contributed by atoms with Crippen molar-refractivity contribution in [1.82, 2.24) is 33.9 Å². The van der Waals surface area contributed by atoms with Crippen molar-refractivity contribution >= 4 is 37.8 Å². The number of methoxy groups -OCH3 is 1. The molecule has 13 nitrogen and oxygen atoms in total. The van der Waals surface area contributed by atoms with Crippen LogP contribution in [0.25, 0.3) is 33.3 Å². The highest BCUT2D eigenvalue weighted by Crippen LogP contribution is 2.34. The lowest BCUT2D eigenvalue weighted by Crippen LogP contribution is -2.34. The molecule has 7 rings (SSSR count). The smallest absolute Gasteiger partial charge is 0.284 e. The summed E-state index contributed by atoms with van der Waals surface area (Å²) >= 11 is 0. The molecule has 0 aliphatic carbocycles. The number of fused-ring (bicyclic) bond motifs is 3. The molecule has 0 unspecified atom stereocenters. The van der Waals surface area contributed by atoms with Crippen LogP contribution in [-0.2, 0) is 23.1 Å². The molecule has 1 fully saturated rings. The number of hydrogen-bond acceptors (Lipinski definition) is 10. The fourth-order valence-corrected chi connectivity index (χ4v) is 7.98. The average molecular weight is 741 g/mol. The summed E-state index contributed by atoms with van der Waals surface area (Å²) < 4.78 is 56.1. The Kier molecular flexibility index (Phi) is 10.1. The summed E-state index contributed by atoms with van der Waals surface area (Å²) in [5.74, 6) is 1.15. The molecule has 0 amide bonds. The van der Waals surface area contributed by atoms with Gasteiger partial charge in [-0.3, -0.25) is 9.48 Å². The van der Waals surface area contributed by atoms with Crippen molar-refractivity contribution in [3.63, 3.8) is 0 Å². The Labute approximate surface area is 306 Å². The van der Waals surface area contributed by atoms with Gasteiger partial charge in [-0.15, -0.1) is 0 Å². The molecule has 4 heterocycles. The molecule has 6 aromatic rings. The van der Waals surface area contributed by atoms with E-state index in [4.69, 9.17) is 19.6 Å². The molecule has 1 aliphatic heterocycles. The van der Waals surface area contributed by atoms with Crippen LogP contribution in [0.3, 0.4) is 0 Å². The van der Waals surface area contributed by atoms with Crippen LogP contribution in [0.15, 0.2) is 82.6 Å². The molecule has 0 bridgehead atoms. The van der Waals surface area contributed by atoms with Gasteiger partial charge in [0.1, 0.15) is 34.3 Å². The molecule has 1 aliphatic rings. The summed E-state index contributed by atoms with van der Waals surface area (Å²) in [5, 5.41) is 8.74. The minimum atomic E-state index is -3.87. The fourth-order valence-electron chi connectivity index (χ4n) is 6.46. The molecule has 0 spiro atoms. The second-order valence-electron chi connectivity index (χ2n) is 13.3. The number of H-pyrrole nitrogens is 1. The summed E-state index contributed by atoms with van der Waals surface area (Å²) in [6.45, 7) is 3.79. The number of nitrogens with one attached hydrogen (secondary N) is 2. The van der Waals surface area contributed by atoms with Gasteiger partial charge in [0.2, 0.25) is 10.0 Å². The summed E-state index contributed by atoms with van der Waals surface area (Å²) in [7, 11) is 1.63. The first kappa shape index (κ1) is 36.0. The van der Waals surface area contributed by atoms with Crippen LogP contribution < -0.4 is 20.3 Å². The van der Waals surface area contributed by atoms with Crippen molar-refractivity contribution in [3.8, 4) is 22.9 Å². The third-order valence-electron chi connectivity index (χ3n) is 9.43. The molecule has 1 saturated heterocycles. The summed E-state index contributed by atoms with van der Waals surface area (Å²) in [5.41, 5.74) is 2.27. The number of nitrogens with zero attached hydrogens (tertiary/aromatic N) is 6. The molecule has 0 saturated carbocycles. The van der Waals surface area contributed by atoms with E-state index in [-0.39, 0.29) is 40.3 Å². The van der Waals surface area contributed by atoms with E-state index in [0.29, 0.717) is 60.5 Å². The van der Waals surface area contributed by atoms with Gasteiger partial charge in [0, 0.05) is 31.9 Å². The molecule has 0 radical (unpaired) electrons. The van der Waals surface area contributed by atoms with Crippen molar-refractivity contribution in [2.45, 2.75) is 43.8 Å². The number of aromatic amines is 1. The first-order valence-corrected chi connectivity index (χ1v) is 18.8. The minimum Gasteiger partial charge on any atom is -0.497 e. The lowest BCUT2D eigenvalue weighted by atomic mass is 10.1. The zero-order valence-corrected chi connectivity index (χ0v) is 30.8. The molecule has 53 heavy (non-hydrogen) atoms. The van der Waals surface area contributed by atoms with Gasteiger partial charge in [0.05, 0.1) is 41.6 Å². The molecule has 3 aromatic carbocycles. The molecule has 15 heteroatoms. The van der Waals surface area contributed by atoms with Gasteiger partial charge in [-0.2, -0.15) is 14.4 Å². The molecule has 2 N–H and O–H groups in total. The lowest BCUT2D eigenvalue weighted by molar-refractivity contribution is 0.302. The van der Waals surface area contributed by atoms with Gasteiger partial charge in [0.25, 0.3) is 5.56 Å². The van der Waals surface area contributed by atoms with Crippen LogP contribution in [0, 0.1) is 5.82 Å². The lowest BCUT2D eigenvalue weighted by Gasteiger charge is -2.21. The molecule has 276 valence electrons. The number of pyridine rings is 1. The summed E-state index contributed by atoms with van der Waals surface area (Å²) in [6, 6.07) is 18.4. The van der Waals surface area contributed by atoms with E-state index < -0.39 is 15.6 Å². The first-order valence-electron chi connectivity index (χ1n) is 17.4. The standard InChI is InChI=1S/C38H41FN8O5S/c1-5-18-52-32-15-14-29(53(49,50)47-17-16-27(22-47)45(2)3)19-30(32)35-41-34-31-23-46(21-25-8-12-28(51-4)13-9-25)44-36(31)42-37(33(34)38(48)43-35)40-20-24-6-10-26(39)11-7-24/h6-15,19,23,27H,5,16-18,20-22H2,1-4H3,(H,40,42,44)(H,41,43,48)/t27-/m1/s1. The number of rotatable bonds is 13. The number of hydrogen-bond donors (Lipinski definition) is 2. The van der Waals surface area contributed by atoms with Crippen LogP contribution in [-0.4, -0.2) is 89.3 Å².